The highest BCUT2D eigenvalue weighted by Gasteiger charge is 2.19. The quantitative estimate of drug-likeness (QED) is 0.675. The Bertz CT molecular complexity index is 700. The smallest absolute Gasteiger partial charge is 0.235 e. The molecular weight excluding hydrogens is 337 g/mol. The molecule has 0 atom stereocenters. The number of halogens is 2. The van der Waals surface area contributed by atoms with Crippen LogP contribution in [0.1, 0.15) is 21.5 Å². The fraction of sp³-hybridized carbons (Fsp3) is 0.125. The van der Waals surface area contributed by atoms with Crippen molar-refractivity contribution in [1.82, 2.24) is 0 Å². The van der Waals surface area contributed by atoms with E-state index in [4.69, 9.17) is 0 Å². The van der Waals surface area contributed by atoms with E-state index in [1.165, 1.54) is 18.2 Å². The maximum absolute atomic E-state index is 13.8. The molecule has 5 heteroatoms. The number of benzene rings is 2. The maximum atomic E-state index is 13.8. The lowest BCUT2D eigenvalue weighted by Crippen LogP contribution is -2.17. The van der Waals surface area contributed by atoms with Crippen molar-refractivity contribution in [3.63, 3.8) is 0 Å². The third-order valence-electron chi connectivity index (χ3n) is 3.02. The van der Waals surface area contributed by atoms with Gasteiger partial charge in [0.1, 0.15) is 5.82 Å². The number of amides is 1. The van der Waals surface area contributed by atoms with Crippen LogP contribution in [0.25, 0.3) is 0 Å². The van der Waals surface area contributed by atoms with Gasteiger partial charge in [-0.25, -0.2) is 4.39 Å². The number of hydrogen-bond acceptors (Lipinski definition) is 2. The second-order valence-corrected chi connectivity index (χ2v) is 5.05. The predicted octanol–water partition coefficient (Wildman–Crippen LogP) is 3.70. The topological polar surface area (TPSA) is 46.2 Å². The zero-order valence-corrected chi connectivity index (χ0v) is 12.9. The van der Waals surface area contributed by atoms with E-state index in [0.29, 0.717) is 5.69 Å². The summed E-state index contributed by atoms with van der Waals surface area (Å²) in [6.07, 6.45) is 0. The zero-order valence-electron chi connectivity index (χ0n) is 11.3. The zero-order chi connectivity index (χ0) is 15.4. The summed E-state index contributed by atoms with van der Waals surface area (Å²) < 4.78 is 13.8. The first-order valence-electron chi connectivity index (χ1n) is 6.29. The lowest BCUT2D eigenvalue weighted by atomic mass is 9.98. The molecule has 0 aliphatic heterocycles. The van der Waals surface area contributed by atoms with Gasteiger partial charge < -0.3 is 5.32 Å². The van der Waals surface area contributed by atoms with Gasteiger partial charge in [0.2, 0.25) is 5.91 Å². The number of carbonyl (C=O) groups excluding carboxylic acids is 2. The summed E-state index contributed by atoms with van der Waals surface area (Å²) >= 11 is 3.06. The van der Waals surface area contributed by atoms with Gasteiger partial charge in [-0.05, 0) is 30.7 Å². The minimum Gasteiger partial charge on any atom is -0.324 e. The van der Waals surface area contributed by atoms with Crippen molar-refractivity contribution in [2.24, 2.45) is 0 Å². The van der Waals surface area contributed by atoms with Gasteiger partial charge in [-0.3, -0.25) is 9.59 Å². The molecular formula is C16H13BrFNO2. The van der Waals surface area contributed by atoms with Crippen LogP contribution in [0.3, 0.4) is 0 Å². The lowest BCUT2D eigenvalue weighted by molar-refractivity contribution is -0.113. The fourth-order valence-electron chi connectivity index (χ4n) is 1.99. The van der Waals surface area contributed by atoms with Crippen molar-refractivity contribution >= 4 is 33.3 Å². The normalized spacial score (nSPS) is 10.2. The van der Waals surface area contributed by atoms with Crippen molar-refractivity contribution in [3.05, 3.63) is 65.0 Å². The molecule has 2 aromatic carbocycles. The molecule has 108 valence electrons. The number of aryl methyl sites for hydroxylation is 1. The fourth-order valence-corrected chi connectivity index (χ4v) is 2.13. The van der Waals surface area contributed by atoms with Crippen molar-refractivity contribution < 1.29 is 14.0 Å². The molecule has 0 saturated heterocycles. The number of ketones is 1. The first-order chi connectivity index (χ1) is 10.0. The molecule has 21 heavy (non-hydrogen) atoms. The summed E-state index contributed by atoms with van der Waals surface area (Å²) in [5.74, 6) is -1.31. The van der Waals surface area contributed by atoms with Crippen LogP contribution in [0.15, 0.2) is 42.5 Å². The number of hydrogen-bond donors (Lipinski definition) is 1. The van der Waals surface area contributed by atoms with Gasteiger partial charge >= 0.3 is 0 Å². The number of para-hydroxylation sites is 1. The van der Waals surface area contributed by atoms with Crippen LogP contribution in [0, 0.1) is 12.7 Å². The van der Waals surface area contributed by atoms with Crippen LogP contribution in [0.5, 0.6) is 0 Å². The van der Waals surface area contributed by atoms with Gasteiger partial charge in [-0.2, -0.15) is 0 Å². The summed E-state index contributed by atoms with van der Waals surface area (Å²) in [4.78, 5) is 24.1. The monoisotopic (exact) mass is 349 g/mol. The number of rotatable bonds is 4. The minimum atomic E-state index is -0.582. The summed E-state index contributed by atoms with van der Waals surface area (Å²) in [5, 5.41) is 2.79. The summed E-state index contributed by atoms with van der Waals surface area (Å²) in [5.41, 5.74) is 1.41. The Morgan fingerprint density at radius 3 is 2.43 bits per heavy atom. The summed E-state index contributed by atoms with van der Waals surface area (Å²) in [6.45, 7) is 1.78. The van der Waals surface area contributed by atoms with Crippen LogP contribution >= 0.6 is 15.9 Å². The number of nitrogens with one attached hydrogen (secondary N) is 1. The average Bonchev–Trinajstić information content (AvgIpc) is 2.49. The third kappa shape index (κ3) is 3.36. The van der Waals surface area contributed by atoms with E-state index in [2.05, 4.69) is 21.2 Å². The number of carbonyl (C=O) groups is 2. The van der Waals surface area contributed by atoms with Crippen LogP contribution in [-0.4, -0.2) is 17.0 Å². The molecule has 0 aromatic heterocycles. The number of anilines is 1. The summed E-state index contributed by atoms with van der Waals surface area (Å²) in [7, 11) is 0. The second kappa shape index (κ2) is 6.63. The molecule has 0 bridgehead atoms. The van der Waals surface area contributed by atoms with Crippen LogP contribution < -0.4 is 5.32 Å². The maximum Gasteiger partial charge on any atom is 0.235 e. The molecule has 3 nitrogen and oxygen atoms in total. The highest BCUT2D eigenvalue weighted by molar-refractivity contribution is 9.09. The molecule has 0 saturated carbocycles. The molecule has 1 N–H and O–H groups in total. The van der Waals surface area contributed by atoms with Crippen LogP contribution in [0.4, 0.5) is 10.1 Å². The molecule has 0 heterocycles. The first kappa shape index (κ1) is 15.4. The molecule has 2 rings (SSSR count). The van der Waals surface area contributed by atoms with Crippen LogP contribution in [-0.2, 0) is 4.79 Å². The standard InChI is InChI=1S/C16H13BrFNO2/c1-10-5-4-7-12(15(10)19-14(20)9-17)16(21)11-6-2-3-8-13(11)18/h2-8H,9H2,1H3,(H,19,20). The Morgan fingerprint density at radius 2 is 1.76 bits per heavy atom. The van der Waals surface area contributed by atoms with Gasteiger partial charge in [0.25, 0.3) is 0 Å². The Kier molecular flexibility index (Phi) is 4.85. The summed E-state index contributed by atoms with van der Waals surface area (Å²) in [6, 6.07) is 10.8. The highest BCUT2D eigenvalue weighted by atomic mass is 79.9. The third-order valence-corrected chi connectivity index (χ3v) is 3.53. The molecule has 2 aromatic rings. The van der Waals surface area contributed by atoms with Gasteiger partial charge in [0.05, 0.1) is 16.6 Å². The van der Waals surface area contributed by atoms with E-state index in [0.717, 1.165) is 5.56 Å². The molecule has 0 radical (unpaired) electrons. The molecule has 0 fully saturated rings. The van der Waals surface area contributed by atoms with Crippen molar-refractivity contribution in [2.75, 3.05) is 10.6 Å². The van der Waals surface area contributed by atoms with Gasteiger partial charge in [0.15, 0.2) is 5.78 Å². The van der Waals surface area contributed by atoms with E-state index < -0.39 is 11.6 Å². The van der Waals surface area contributed by atoms with E-state index >= 15 is 0 Å². The molecule has 0 unspecified atom stereocenters. The van der Waals surface area contributed by atoms with E-state index in [1.54, 1.807) is 31.2 Å². The number of alkyl halides is 1. The Hall–Kier alpha value is -2.01. The lowest BCUT2D eigenvalue weighted by Gasteiger charge is -2.13. The SMILES string of the molecule is Cc1cccc(C(=O)c2ccccc2F)c1NC(=O)CBr. The largest absolute Gasteiger partial charge is 0.324 e. The molecule has 0 aliphatic rings. The van der Waals surface area contributed by atoms with Crippen molar-refractivity contribution in [1.29, 1.82) is 0 Å². The van der Waals surface area contributed by atoms with E-state index in [9.17, 15) is 14.0 Å². The van der Waals surface area contributed by atoms with Gasteiger partial charge in [0, 0.05) is 5.56 Å². The van der Waals surface area contributed by atoms with Crippen LogP contribution in [0.2, 0.25) is 0 Å². The van der Waals surface area contributed by atoms with E-state index in [1.807, 2.05) is 0 Å². The van der Waals surface area contributed by atoms with Gasteiger partial charge in [-0.15, -0.1) is 0 Å². The second-order valence-electron chi connectivity index (χ2n) is 4.49. The van der Waals surface area contributed by atoms with Crippen molar-refractivity contribution in [2.45, 2.75) is 6.92 Å². The Morgan fingerprint density at radius 1 is 1.10 bits per heavy atom. The highest BCUT2D eigenvalue weighted by Crippen LogP contribution is 2.24. The average molecular weight is 350 g/mol. The van der Waals surface area contributed by atoms with E-state index in [-0.39, 0.29) is 22.4 Å². The Balaban J connectivity index is 2.49. The minimum absolute atomic E-state index is 0.0163. The Labute approximate surface area is 130 Å². The van der Waals surface area contributed by atoms with Gasteiger partial charge in [-0.1, -0.05) is 40.2 Å². The molecule has 0 aliphatic carbocycles. The molecule has 0 spiro atoms. The first-order valence-corrected chi connectivity index (χ1v) is 7.41. The molecule has 1 amide bonds. The predicted molar refractivity (Wildman–Crippen MR) is 83.4 cm³/mol. The van der Waals surface area contributed by atoms with Crippen molar-refractivity contribution in [3.8, 4) is 0 Å².